The lowest BCUT2D eigenvalue weighted by atomic mass is 10.2. The van der Waals surface area contributed by atoms with Gasteiger partial charge in [0.05, 0.1) is 0 Å². The number of hydrogen-bond acceptors (Lipinski definition) is 2. The van der Waals surface area contributed by atoms with Crippen LogP contribution in [-0.2, 0) is 13.2 Å². The second-order valence-corrected chi connectivity index (χ2v) is 5.92. The van der Waals surface area contributed by atoms with Crippen LogP contribution >= 0.6 is 11.6 Å². The van der Waals surface area contributed by atoms with Gasteiger partial charge in [0.15, 0.2) is 0 Å². The first-order chi connectivity index (χ1) is 10.3. The van der Waals surface area contributed by atoms with Gasteiger partial charge in [-0.2, -0.15) is 0 Å². The average molecular weight is 302 g/mol. The van der Waals surface area contributed by atoms with Gasteiger partial charge in [-0.3, -0.25) is 4.90 Å². The lowest BCUT2D eigenvalue weighted by Gasteiger charge is -2.15. The zero-order chi connectivity index (χ0) is 14.5. The van der Waals surface area contributed by atoms with Crippen molar-refractivity contribution in [1.29, 1.82) is 0 Å². The Morgan fingerprint density at radius 2 is 1.81 bits per heavy atom. The minimum absolute atomic E-state index is 0.507. The molecule has 3 rings (SSSR count). The van der Waals surface area contributed by atoms with Crippen LogP contribution in [0.25, 0.3) is 0 Å². The zero-order valence-corrected chi connectivity index (χ0v) is 12.9. The molecule has 0 bridgehead atoms. The van der Waals surface area contributed by atoms with Crippen molar-refractivity contribution in [2.75, 3.05) is 13.1 Å². The van der Waals surface area contributed by atoms with Crippen LogP contribution in [0, 0.1) is 0 Å². The molecule has 110 valence electrons. The van der Waals surface area contributed by atoms with Gasteiger partial charge in [0.1, 0.15) is 12.4 Å². The molecule has 21 heavy (non-hydrogen) atoms. The highest BCUT2D eigenvalue weighted by molar-refractivity contribution is 6.31. The fourth-order valence-electron chi connectivity index (χ4n) is 2.71. The second kappa shape index (κ2) is 6.97. The van der Waals surface area contributed by atoms with Crippen LogP contribution in [0.3, 0.4) is 0 Å². The SMILES string of the molecule is Clc1ccccc1COc1cccc(CN2CCCC2)c1. The fourth-order valence-corrected chi connectivity index (χ4v) is 2.90. The smallest absolute Gasteiger partial charge is 0.120 e. The summed E-state index contributed by atoms with van der Waals surface area (Å²) in [6.45, 7) is 3.95. The van der Waals surface area contributed by atoms with Gasteiger partial charge in [-0.25, -0.2) is 0 Å². The van der Waals surface area contributed by atoms with E-state index in [9.17, 15) is 0 Å². The Bertz CT molecular complexity index is 593. The first kappa shape index (κ1) is 14.4. The van der Waals surface area contributed by atoms with Crippen molar-refractivity contribution in [2.24, 2.45) is 0 Å². The number of hydrogen-bond donors (Lipinski definition) is 0. The Labute approximate surface area is 131 Å². The van der Waals surface area contributed by atoms with Gasteiger partial charge in [0.2, 0.25) is 0 Å². The normalized spacial score (nSPS) is 15.3. The summed E-state index contributed by atoms with van der Waals surface area (Å²) >= 11 is 6.15. The number of halogens is 1. The summed E-state index contributed by atoms with van der Waals surface area (Å²) in [6, 6.07) is 16.2. The number of ether oxygens (including phenoxy) is 1. The molecule has 2 aromatic carbocycles. The summed E-state index contributed by atoms with van der Waals surface area (Å²) in [5.41, 5.74) is 2.33. The van der Waals surface area contributed by atoms with E-state index in [4.69, 9.17) is 16.3 Å². The van der Waals surface area contributed by atoms with Gasteiger partial charge in [-0.15, -0.1) is 0 Å². The van der Waals surface area contributed by atoms with E-state index in [0.717, 1.165) is 22.9 Å². The van der Waals surface area contributed by atoms with Gasteiger partial charge >= 0.3 is 0 Å². The van der Waals surface area contributed by atoms with E-state index in [1.165, 1.54) is 31.5 Å². The van der Waals surface area contributed by atoms with Crippen LogP contribution in [0.1, 0.15) is 24.0 Å². The zero-order valence-electron chi connectivity index (χ0n) is 12.1. The average Bonchev–Trinajstić information content (AvgIpc) is 3.00. The number of benzene rings is 2. The summed E-state index contributed by atoms with van der Waals surface area (Å²) in [7, 11) is 0. The topological polar surface area (TPSA) is 12.5 Å². The molecule has 1 saturated heterocycles. The summed E-state index contributed by atoms with van der Waals surface area (Å²) in [4.78, 5) is 2.49. The summed E-state index contributed by atoms with van der Waals surface area (Å²) in [6.07, 6.45) is 2.64. The van der Waals surface area contributed by atoms with Crippen molar-refractivity contribution < 1.29 is 4.74 Å². The molecule has 1 heterocycles. The van der Waals surface area contributed by atoms with Gasteiger partial charge in [0, 0.05) is 17.1 Å². The Morgan fingerprint density at radius 1 is 1.00 bits per heavy atom. The Kier molecular flexibility index (Phi) is 4.79. The monoisotopic (exact) mass is 301 g/mol. The molecule has 0 spiro atoms. The second-order valence-electron chi connectivity index (χ2n) is 5.51. The molecular formula is C18H20ClNO. The van der Waals surface area contributed by atoms with Crippen LogP contribution in [0.2, 0.25) is 5.02 Å². The highest BCUT2D eigenvalue weighted by Gasteiger charge is 2.11. The number of nitrogens with zero attached hydrogens (tertiary/aromatic N) is 1. The maximum absolute atomic E-state index is 6.15. The van der Waals surface area contributed by atoms with Crippen molar-refractivity contribution in [1.82, 2.24) is 4.90 Å². The van der Waals surface area contributed by atoms with E-state index >= 15 is 0 Å². The van der Waals surface area contributed by atoms with Crippen molar-refractivity contribution >= 4 is 11.6 Å². The molecule has 0 unspecified atom stereocenters. The van der Waals surface area contributed by atoms with Crippen LogP contribution < -0.4 is 4.74 Å². The predicted molar refractivity (Wildman–Crippen MR) is 86.7 cm³/mol. The third kappa shape index (κ3) is 3.99. The van der Waals surface area contributed by atoms with Gasteiger partial charge in [-0.05, 0) is 49.7 Å². The van der Waals surface area contributed by atoms with E-state index in [1.807, 2.05) is 30.3 Å². The van der Waals surface area contributed by atoms with E-state index in [-0.39, 0.29) is 0 Å². The minimum atomic E-state index is 0.507. The molecule has 0 aliphatic carbocycles. The molecule has 3 heteroatoms. The first-order valence-electron chi connectivity index (χ1n) is 7.49. The van der Waals surface area contributed by atoms with E-state index in [0.29, 0.717) is 6.61 Å². The Balaban J connectivity index is 1.61. The molecule has 1 fully saturated rings. The quantitative estimate of drug-likeness (QED) is 0.805. The van der Waals surface area contributed by atoms with Gasteiger partial charge < -0.3 is 4.74 Å². The highest BCUT2D eigenvalue weighted by atomic mass is 35.5. The molecular weight excluding hydrogens is 282 g/mol. The number of likely N-dealkylation sites (tertiary alicyclic amines) is 1. The van der Waals surface area contributed by atoms with Crippen molar-refractivity contribution in [3.63, 3.8) is 0 Å². The van der Waals surface area contributed by atoms with Gasteiger partial charge in [-0.1, -0.05) is 41.9 Å². The molecule has 0 saturated carbocycles. The standard InChI is InChI=1S/C18H20ClNO/c19-18-9-2-1-7-16(18)14-21-17-8-5-6-15(12-17)13-20-10-3-4-11-20/h1-2,5-9,12H,3-4,10-11,13-14H2. The van der Waals surface area contributed by atoms with Crippen molar-refractivity contribution in [3.8, 4) is 5.75 Å². The first-order valence-corrected chi connectivity index (χ1v) is 7.86. The molecule has 2 aromatic rings. The molecule has 1 aliphatic rings. The third-order valence-corrected chi connectivity index (χ3v) is 4.22. The fraction of sp³-hybridized carbons (Fsp3) is 0.333. The van der Waals surface area contributed by atoms with E-state index in [2.05, 4.69) is 23.1 Å². The third-order valence-electron chi connectivity index (χ3n) is 3.86. The molecule has 0 N–H and O–H groups in total. The number of rotatable bonds is 5. The highest BCUT2D eigenvalue weighted by Crippen LogP contribution is 2.21. The predicted octanol–water partition coefficient (Wildman–Crippen LogP) is 4.51. The maximum Gasteiger partial charge on any atom is 0.120 e. The van der Waals surface area contributed by atoms with Crippen LogP contribution in [0.5, 0.6) is 5.75 Å². The largest absolute Gasteiger partial charge is 0.489 e. The van der Waals surface area contributed by atoms with E-state index in [1.54, 1.807) is 0 Å². The summed E-state index contributed by atoms with van der Waals surface area (Å²) in [5, 5.41) is 0.755. The van der Waals surface area contributed by atoms with Crippen LogP contribution in [0.15, 0.2) is 48.5 Å². The summed E-state index contributed by atoms with van der Waals surface area (Å²) < 4.78 is 5.88. The van der Waals surface area contributed by atoms with Crippen LogP contribution in [0.4, 0.5) is 0 Å². The summed E-state index contributed by atoms with van der Waals surface area (Å²) in [5.74, 6) is 0.909. The minimum Gasteiger partial charge on any atom is -0.489 e. The van der Waals surface area contributed by atoms with Crippen LogP contribution in [-0.4, -0.2) is 18.0 Å². The molecule has 0 radical (unpaired) electrons. The molecule has 0 atom stereocenters. The lowest BCUT2D eigenvalue weighted by molar-refractivity contribution is 0.303. The lowest BCUT2D eigenvalue weighted by Crippen LogP contribution is -2.18. The molecule has 2 nitrogen and oxygen atoms in total. The van der Waals surface area contributed by atoms with Crippen molar-refractivity contribution in [2.45, 2.75) is 26.0 Å². The Morgan fingerprint density at radius 3 is 2.62 bits per heavy atom. The molecule has 0 aromatic heterocycles. The maximum atomic E-state index is 6.15. The molecule has 0 amide bonds. The molecule has 1 aliphatic heterocycles. The van der Waals surface area contributed by atoms with E-state index < -0.39 is 0 Å². The van der Waals surface area contributed by atoms with Gasteiger partial charge in [0.25, 0.3) is 0 Å². The Hall–Kier alpha value is -1.51. The van der Waals surface area contributed by atoms with Crippen molar-refractivity contribution in [3.05, 3.63) is 64.7 Å².